The van der Waals surface area contributed by atoms with Crippen molar-refractivity contribution in [3.8, 4) is 0 Å². The molecule has 0 aromatic rings. The third-order valence-corrected chi connectivity index (χ3v) is 2.41. The van der Waals surface area contributed by atoms with Gasteiger partial charge in [0.05, 0.1) is 12.7 Å². The largest absolute Gasteiger partial charge is 0.394 e. The minimum Gasteiger partial charge on any atom is -0.394 e. The van der Waals surface area contributed by atoms with Crippen molar-refractivity contribution in [3.05, 3.63) is 0 Å². The Balaban J connectivity index is 0. The monoisotopic (exact) mass is 295 g/mol. The number of nitrogens with one attached hydrogen (secondary N) is 1. The summed E-state index contributed by atoms with van der Waals surface area (Å²) in [5.74, 6) is -0.558. The maximum absolute atomic E-state index is 10.6. The molecule has 0 rings (SSSR count). The molecule has 0 saturated carbocycles. The molecule has 0 aromatic heterocycles. The molecule has 0 spiro atoms. The molecule has 0 aliphatic carbocycles. The molecular formula is C12H25NO7. The van der Waals surface area contributed by atoms with Crippen LogP contribution in [0, 0.1) is 0 Å². The van der Waals surface area contributed by atoms with E-state index >= 15 is 0 Å². The van der Waals surface area contributed by atoms with E-state index in [2.05, 4.69) is 5.32 Å². The molecule has 5 atom stereocenters. The van der Waals surface area contributed by atoms with Crippen LogP contribution in [0.5, 0.6) is 0 Å². The Hall–Kier alpha value is -1.06. The van der Waals surface area contributed by atoms with Crippen LogP contribution in [0.3, 0.4) is 0 Å². The maximum Gasteiger partial charge on any atom is 0.217 e. The van der Waals surface area contributed by atoms with Crippen molar-refractivity contribution < 1.29 is 35.1 Å². The highest BCUT2D eigenvalue weighted by atomic mass is 16.4. The van der Waals surface area contributed by atoms with Gasteiger partial charge in [-0.25, -0.2) is 0 Å². The third kappa shape index (κ3) is 9.82. The van der Waals surface area contributed by atoms with Gasteiger partial charge in [0.25, 0.3) is 0 Å². The Morgan fingerprint density at radius 2 is 1.65 bits per heavy atom. The fourth-order valence-electron chi connectivity index (χ4n) is 0.983. The highest BCUT2D eigenvalue weighted by molar-refractivity contribution is 5.77. The summed E-state index contributed by atoms with van der Waals surface area (Å²) in [7, 11) is 0. The predicted molar refractivity (Wildman–Crippen MR) is 70.7 cm³/mol. The van der Waals surface area contributed by atoms with Gasteiger partial charge in [-0.1, -0.05) is 6.92 Å². The number of rotatable bonds is 7. The molecule has 6 N–H and O–H groups in total. The van der Waals surface area contributed by atoms with E-state index in [1.807, 2.05) is 6.92 Å². The first-order valence-corrected chi connectivity index (χ1v) is 6.26. The lowest BCUT2D eigenvalue weighted by atomic mass is 10.0. The van der Waals surface area contributed by atoms with E-state index in [1.54, 1.807) is 6.92 Å². The summed E-state index contributed by atoms with van der Waals surface area (Å²) in [5.41, 5.74) is 0. The number of aldehydes is 1. The normalized spacial score (nSPS) is 17.8. The lowest BCUT2D eigenvalue weighted by Crippen LogP contribution is -2.53. The molecule has 0 aliphatic heterocycles. The highest BCUT2D eigenvalue weighted by Gasteiger charge is 2.31. The summed E-state index contributed by atoms with van der Waals surface area (Å²) in [5, 5.41) is 46.5. The van der Waals surface area contributed by atoms with Gasteiger partial charge in [-0.15, -0.1) is 0 Å². The van der Waals surface area contributed by atoms with E-state index in [0.717, 1.165) is 13.3 Å². The molecule has 8 nitrogen and oxygen atoms in total. The number of carbonyl (C=O) groups excluding carboxylic acids is 2. The average molecular weight is 295 g/mol. The van der Waals surface area contributed by atoms with E-state index < -0.39 is 36.9 Å². The number of aliphatic hydroxyl groups excluding tert-OH is 5. The van der Waals surface area contributed by atoms with Gasteiger partial charge in [-0.05, 0) is 13.3 Å². The van der Waals surface area contributed by atoms with Crippen molar-refractivity contribution in [2.75, 3.05) is 6.61 Å². The fraction of sp³-hybridized carbons (Fsp3) is 0.833. The Morgan fingerprint density at radius 1 is 1.20 bits per heavy atom. The van der Waals surface area contributed by atoms with Gasteiger partial charge in [0.15, 0.2) is 0 Å². The summed E-state index contributed by atoms with van der Waals surface area (Å²) in [6.45, 7) is 4.10. The van der Waals surface area contributed by atoms with Crippen LogP contribution in [0.1, 0.15) is 27.2 Å². The topological polar surface area (TPSA) is 147 Å². The van der Waals surface area contributed by atoms with Crippen LogP contribution in [-0.2, 0) is 9.59 Å². The van der Waals surface area contributed by atoms with E-state index in [4.69, 9.17) is 15.3 Å². The standard InChI is InChI=1S/C8H15NO6.C4H10O/c1-4(12)9-5(2-10)7(14)8(15)6(13)3-11;1-3-4(2)5/h2,5-8,11,13-15H,3H2,1H3,(H,9,12);4-5H,3H2,1-2H3/t5-,6+,7+,8+;/m0./s1. The summed E-state index contributed by atoms with van der Waals surface area (Å²) in [6.07, 6.45) is -3.98. The summed E-state index contributed by atoms with van der Waals surface area (Å²) >= 11 is 0. The predicted octanol–water partition coefficient (Wildman–Crippen LogP) is -2.46. The molecule has 20 heavy (non-hydrogen) atoms. The molecule has 0 saturated heterocycles. The number of hydrogen-bond acceptors (Lipinski definition) is 7. The Kier molecular flexibility index (Phi) is 12.5. The van der Waals surface area contributed by atoms with Crippen molar-refractivity contribution in [1.29, 1.82) is 0 Å². The molecule has 0 bridgehead atoms. The second-order valence-electron chi connectivity index (χ2n) is 4.35. The van der Waals surface area contributed by atoms with Crippen molar-refractivity contribution in [3.63, 3.8) is 0 Å². The molecule has 0 aliphatic rings. The molecule has 8 heteroatoms. The van der Waals surface area contributed by atoms with Gasteiger partial charge in [-0.2, -0.15) is 0 Å². The zero-order valence-electron chi connectivity index (χ0n) is 11.9. The molecule has 1 unspecified atom stereocenters. The first-order chi connectivity index (χ1) is 9.20. The van der Waals surface area contributed by atoms with Gasteiger partial charge in [0.1, 0.15) is 30.6 Å². The molecule has 0 fully saturated rings. The zero-order chi connectivity index (χ0) is 16.3. The van der Waals surface area contributed by atoms with E-state index in [1.165, 1.54) is 0 Å². The fourth-order valence-corrected chi connectivity index (χ4v) is 0.983. The van der Waals surface area contributed by atoms with Gasteiger partial charge >= 0.3 is 0 Å². The van der Waals surface area contributed by atoms with Crippen LogP contribution in [0.4, 0.5) is 0 Å². The first kappa shape index (κ1) is 21.2. The average Bonchev–Trinajstić information content (AvgIpc) is 2.42. The number of amides is 1. The van der Waals surface area contributed by atoms with Crippen molar-refractivity contribution in [1.82, 2.24) is 5.32 Å². The number of aliphatic hydroxyl groups is 5. The molecule has 1 amide bonds. The van der Waals surface area contributed by atoms with Crippen LogP contribution in [0.2, 0.25) is 0 Å². The second-order valence-corrected chi connectivity index (χ2v) is 4.35. The van der Waals surface area contributed by atoms with Crippen LogP contribution in [-0.4, -0.2) is 74.8 Å². The van der Waals surface area contributed by atoms with Gasteiger partial charge in [0, 0.05) is 6.92 Å². The SMILES string of the molecule is CC(=O)N[C@@H](C=O)[C@@H](O)[C@H](O)[C@H](O)CO.CCC(C)O. The molecular weight excluding hydrogens is 270 g/mol. The molecule has 0 aromatic carbocycles. The molecule has 0 radical (unpaired) electrons. The minimum absolute atomic E-state index is 0.116. The third-order valence-electron chi connectivity index (χ3n) is 2.41. The smallest absolute Gasteiger partial charge is 0.217 e. The van der Waals surface area contributed by atoms with Crippen LogP contribution in [0.25, 0.3) is 0 Å². The first-order valence-electron chi connectivity index (χ1n) is 6.26. The lowest BCUT2D eigenvalue weighted by Gasteiger charge is -2.25. The van der Waals surface area contributed by atoms with Crippen molar-refractivity contribution in [2.24, 2.45) is 0 Å². The Morgan fingerprint density at radius 3 is 1.90 bits per heavy atom. The van der Waals surface area contributed by atoms with Gasteiger partial charge < -0.3 is 35.6 Å². The Bertz CT molecular complexity index is 273. The number of carbonyl (C=O) groups is 2. The zero-order valence-corrected chi connectivity index (χ0v) is 11.9. The Labute approximate surface area is 118 Å². The lowest BCUT2D eigenvalue weighted by molar-refractivity contribution is -0.129. The quantitative estimate of drug-likeness (QED) is 0.285. The van der Waals surface area contributed by atoms with Crippen LogP contribution >= 0.6 is 0 Å². The minimum atomic E-state index is -1.71. The van der Waals surface area contributed by atoms with E-state index in [-0.39, 0.29) is 12.4 Å². The van der Waals surface area contributed by atoms with Gasteiger partial charge in [0.2, 0.25) is 5.91 Å². The van der Waals surface area contributed by atoms with Gasteiger partial charge in [-0.3, -0.25) is 4.79 Å². The molecule has 120 valence electrons. The second kappa shape index (κ2) is 11.7. The summed E-state index contributed by atoms with van der Waals surface area (Å²) in [4.78, 5) is 21.1. The summed E-state index contributed by atoms with van der Waals surface area (Å²) in [6, 6.07) is -1.32. The van der Waals surface area contributed by atoms with E-state index in [9.17, 15) is 19.8 Å². The van der Waals surface area contributed by atoms with Crippen LogP contribution < -0.4 is 5.32 Å². The highest BCUT2D eigenvalue weighted by Crippen LogP contribution is 2.03. The molecule has 0 heterocycles. The van der Waals surface area contributed by atoms with Crippen molar-refractivity contribution in [2.45, 2.75) is 57.6 Å². The summed E-state index contributed by atoms with van der Waals surface area (Å²) < 4.78 is 0. The van der Waals surface area contributed by atoms with Crippen molar-refractivity contribution >= 4 is 12.2 Å². The van der Waals surface area contributed by atoms with E-state index in [0.29, 0.717) is 0 Å². The maximum atomic E-state index is 10.6. The number of hydrogen-bond donors (Lipinski definition) is 6. The van der Waals surface area contributed by atoms with Crippen LogP contribution in [0.15, 0.2) is 0 Å².